The van der Waals surface area contributed by atoms with Gasteiger partial charge in [0.1, 0.15) is 78.7 Å². The number of carbonyl (C=O) groups is 17. The molecule has 2 fully saturated rings. The Morgan fingerprint density at radius 2 is 1.02 bits per heavy atom. The molecule has 0 unspecified atom stereocenters. The van der Waals surface area contributed by atoms with E-state index in [-0.39, 0.29) is 67.5 Å². The number of carboxylic acid groups (broad SMARTS) is 3. The second-order valence-electron chi connectivity index (χ2n) is 32.7. The molecule has 16 N–H and O–H groups in total. The number of amides is 12. The number of carboxylic acids is 3. The lowest BCUT2D eigenvalue weighted by molar-refractivity contribution is -0.152. The van der Waals surface area contributed by atoms with Gasteiger partial charge in [-0.25, -0.2) is 8.78 Å². The number of halogens is 2. The molecule has 40 heteroatoms. The van der Waals surface area contributed by atoms with Gasteiger partial charge >= 0.3 is 17.9 Å². The van der Waals surface area contributed by atoms with Crippen LogP contribution in [0.1, 0.15) is 113 Å². The molecule has 3 heterocycles. The van der Waals surface area contributed by atoms with Gasteiger partial charge in [0, 0.05) is 115 Å². The number of aromatic hydroxyl groups is 1. The van der Waals surface area contributed by atoms with Crippen LogP contribution in [0.4, 0.5) is 8.78 Å². The number of rotatable bonds is 49. The standard InChI is InChI=1S/C90H112F2N14O23S/c1-7-8-23-70(89(128)106-45-60(111)41-72(106)84(123)95-56(46-107)40-78(117)118)102(4)88(127)74(38-52-19-13-10-14-20-52)104(6)86(125)69(36-54-26-29-62(91)63(92)34-54)97-75(112)49-130-48-57(47-108)96-80(119)65(30-32-76(113)114)98-81(120)67(35-53-24-27-58(109)28-25-53)100-82(121)68(39-55-43-94-64-22-16-15-21-61(55)64)101-85(124)73-42-59(110)44-105(73)87(126)66(31-33-77(115)116)99-83(122)71(37-51-17-11-9-12-18-51)103(5)90(129)79(93)50(2)3/h9-22,24-29,34,43,46-47,50,56-57,59-60,65-74,79,94,109-111H,7-8,23,30-33,35-42,44-45,48-49,93H2,1-6H3,(H,95,123)(H,96,119)(H,97,112)(H,98,120)(H,99,122)(H,100,121)(H,101,124)(H,113,114)(H,115,116)(H,117,118)/t56-,57+,59+,60+,65-,66-,67-,68-,69-,70-,71+,72+,73+,74-,79-/m0/s1. The van der Waals surface area contributed by atoms with E-state index in [4.69, 9.17) is 5.73 Å². The monoisotopic (exact) mass is 1830 g/mol. The molecule has 0 saturated carbocycles. The predicted molar refractivity (Wildman–Crippen MR) is 467 cm³/mol. The molecule has 0 aliphatic carbocycles. The number of aliphatic hydroxyl groups excluding tert-OH is 2. The molecular formula is C90H112F2N14O23S. The summed E-state index contributed by atoms with van der Waals surface area (Å²) < 4.78 is 29.5. The topological polar surface area (TPSA) is 554 Å². The molecule has 12 amide bonds. The Kier molecular flexibility index (Phi) is 38.5. The maximum absolute atomic E-state index is 15.3. The number of likely N-dealkylation sites (N-methyl/N-ethyl adjacent to an activating group) is 3. The van der Waals surface area contributed by atoms with Gasteiger partial charge in [0.15, 0.2) is 11.6 Å². The van der Waals surface area contributed by atoms with Gasteiger partial charge in [0.2, 0.25) is 70.9 Å². The zero-order valence-electron chi connectivity index (χ0n) is 72.6. The summed E-state index contributed by atoms with van der Waals surface area (Å²) in [7, 11) is 3.88. The van der Waals surface area contributed by atoms with Crippen LogP contribution in [0.5, 0.6) is 5.75 Å². The van der Waals surface area contributed by atoms with Crippen LogP contribution in [0.25, 0.3) is 10.9 Å². The number of benzene rings is 5. The molecule has 5 aromatic carbocycles. The number of nitrogens with one attached hydrogen (secondary N) is 8. The molecule has 8 rings (SSSR count). The number of β-amino-alcohol motifs (C(OH)–C–C–N with tert-alkyl or cyclic N) is 2. The van der Waals surface area contributed by atoms with E-state index in [1.807, 2.05) is 0 Å². The molecular weight excluding hydrogens is 1720 g/mol. The molecule has 1 aromatic heterocycles. The van der Waals surface area contributed by atoms with Crippen molar-refractivity contribution < 1.29 is 121 Å². The third-order valence-electron chi connectivity index (χ3n) is 22.7. The first-order valence-corrected chi connectivity index (χ1v) is 43.6. The molecule has 0 bridgehead atoms. The number of carbonyl (C=O) groups excluding carboxylic acids is 14. The van der Waals surface area contributed by atoms with Crippen molar-refractivity contribution in [2.24, 2.45) is 11.7 Å². The molecule has 2 aliphatic heterocycles. The Morgan fingerprint density at radius 1 is 0.515 bits per heavy atom. The lowest BCUT2D eigenvalue weighted by atomic mass is 9.99. The Bertz CT molecular complexity index is 5020. The average molecular weight is 1830 g/mol. The number of aldehydes is 2. The molecule has 2 saturated heterocycles. The van der Waals surface area contributed by atoms with Gasteiger partial charge in [-0.15, -0.1) is 11.8 Å². The van der Waals surface area contributed by atoms with Crippen molar-refractivity contribution in [3.63, 3.8) is 0 Å². The van der Waals surface area contributed by atoms with Crippen LogP contribution in [0.15, 0.2) is 134 Å². The molecule has 700 valence electrons. The fourth-order valence-corrected chi connectivity index (χ4v) is 16.2. The molecule has 6 aromatic rings. The van der Waals surface area contributed by atoms with Gasteiger partial charge < -0.3 is 113 Å². The summed E-state index contributed by atoms with van der Waals surface area (Å²) in [6.07, 6.45) is -5.74. The fourth-order valence-electron chi connectivity index (χ4n) is 15.4. The number of fused-ring (bicyclic) bond motifs is 1. The van der Waals surface area contributed by atoms with Crippen LogP contribution in [-0.4, -0.2) is 298 Å². The van der Waals surface area contributed by atoms with E-state index in [0.29, 0.717) is 52.2 Å². The number of hydrogen-bond acceptors (Lipinski definition) is 22. The number of aliphatic hydroxyl groups is 2. The average Bonchev–Trinajstić information content (AvgIpc) is 1.40. The summed E-state index contributed by atoms with van der Waals surface area (Å²) in [5.74, 6) is -19.9. The number of phenolic OH excluding ortho intramolecular Hbond substituents is 1. The molecule has 0 radical (unpaired) electrons. The lowest BCUT2D eigenvalue weighted by Gasteiger charge is -2.37. The van der Waals surface area contributed by atoms with Crippen LogP contribution in [0.2, 0.25) is 0 Å². The van der Waals surface area contributed by atoms with E-state index in [0.717, 1.165) is 42.7 Å². The van der Waals surface area contributed by atoms with Gasteiger partial charge in [-0.2, -0.15) is 0 Å². The van der Waals surface area contributed by atoms with Crippen molar-refractivity contribution in [2.45, 2.75) is 208 Å². The van der Waals surface area contributed by atoms with Gasteiger partial charge in [0.25, 0.3) is 0 Å². The largest absolute Gasteiger partial charge is 0.508 e. The zero-order chi connectivity index (χ0) is 95.3. The Morgan fingerprint density at radius 3 is 1.58 bits per heavy atom. The van der Waals surface area contributed by atoms with E-state index < -0.39 is 267 Å². The predicted octanol–water partition coefficient (Wildman–Crippen LogP) is 0.972. The molecule has 15 atom stereocenters. The van der Waals surface area contributed by atoms with Gasteiger partial charge in [-0.05, 0) is 83.3 Å². The molecule has 37 nitrogen and oxygen atoms in total. The number of para-hydroxylation sites is 1. The molecule has 130 heavy (non-hydrogen) atoms. The SMILES string of the molecule is CCCC[C@@H](C(=O)N1C[C@H](O)C[C@@H]1C(=O)N[C@H](C=O)CC(=O)O)N(C)C(=O)[C@H](Cc1ccccc1)N(C)C(=O)[C@H](Cc1ccc(F)c(F)c1)NC(=O)CSC[C@@H](C=O)NC(=O)[C@H](CCC(=O)O)NC(=O)[C@H](Cc1ccc(O)cc1)NC(=O)[C@H](Cc1c[nH]c2ccccc12)NC(=O)[C@H]1C[C@@H](O)CN1C(=O)[C@H](CCC(=O)O)NC(=O)[C@@H](Cc1ccccc1)N(C)C(=O)[C@@H](N)C(C)C. The molecule has 0 spiro atoms. The van der Waals surface area contributed by atoms with Gasteiger partial charge in [-0.1, -0.05) is 131 Å². The maximum atomic E-state index is 15.3. The van der Waals surface area contributed by atoms with E-state index in [9.17, 15) is 97.0 Å². The third kappa shape index (κ3) is 29.2. The van der Waals surface area contributed by atoms with Crippen LogP contribution >= 0.6 is 11.8 Å². The second kappa shape index (κ2) is 48.9. The van der Waals surface area contributed by atoms with Crippen LogP contribution in [0.3, 0.4) is 0 Å². The number of thioether (sulfide) groups is 1. The van der Waals surface area contributed by atoms with Gasteiger partial charge in [-0.3, -0.25) is 71.9 Å². The van der Waals surface area contributed by atoms with E-state index >= 15 is 24.0 Å². The van der Waals surface area contributed by atoms with Crippen LogP contribution in [-0.2, 0) is 114 Å². The van der Waals surface area contributed by atoms with Crippen molar-refractivity contribution in [1.82, 2.24) is 66.7 Å². The lowest BCUT2D eigenvalue weighted by Crippen LogP contribution is -2.60. The van der Waals surface area contributed by atoms with Crippen molar-refractivity contribution in [2.75, 3.05) is 45.7 Å². The number of aliphatic carboxylic acids is 3. The van der Waals surface area contributed by atoms with E-state index in [1.54, 1.807) is 112 Å². The first-order valence-electron chi connectivity index (χ1n) is 42.4. The van der Waals surface area contributed by atoms with E-state index in [2.05, 4.69) is 42.2 Å². The highest BCUT2D eigenvalue weighted by Gasteiger charge is 2.47. The number of hydrogen-bond donors (Lipinski definition) is 15. The first-order chi connectivity index (χ1) is 61.8. The number of H-pyrrole nitrogens is 1. The summed E-state index contributed by atoms with van der Waals surface area (Å²) in [6, 6.07) is 11.7. The normalized spacial score (nSPS) is 17.3. The first kappa shape index (κ1) is 102. The molecule has 2 aliphatic rings. The Labute approximate surface area is 752 Å². The highest BCUT2D eigenvalue weighted by atomic mass is 32.2. The number of phenols is 1. The van der Waals surface area contributed by atoms with Crippen molar-refractivity contribution in [3.8, 4) is 5.75 Å². The number of aromatic nitrogens is 1. The second-order valence-corrected chi connectivity index (χ2v) is 33.7. The minimum atomic E-state index is -1.83. The van der Waals surface area contributed by atoms with Crippen molar-refractivity contribution in [1.29, 1.82) is 0 Å². The summed E-state index contributed by atoms with van der Waals surface area (Å²) in [5, 5.41) is 79.9. The minimum Gasteiger partial charge on any atom is -0.508 e. The quantitative estimate of drug-likeness (QED) is 0.0237. The minimum absolute atomic E-state index is 0.0140. The fraction of sp³-hybridized carbons (Fsp3) is 0.456. The van der Waals surface area contributed by atoms with Crippen molar-refractivity contribution >= 4 is 124 Å². The highest BCUT2D eigenvalue weighted by molar-refractivity contribution is 8.00. The highest BCUT2D eigenvalue weighted by Crippen LogP contribution is 2.28. The zero-order valence-corrected chi connectivity index (χ0v) is 73.4. The Balaban J connectivity index is 1.01. The summed E-state index contributed by atoms with van der Waals surface area (Å²) in [6.45, 7) is 4.28. The summed E-state index contributed by atoms with van der Waals surface area (Å²) in [4.78, 5) is 245. The maximum Gasteiger partial charge on any atom is 0.305 e. The third-order valence-corrected chi connectivity index (χ3v) is 23.7. The van der Waals surface area contributed by atoms with Gasteiger partial charge in [0.05, 0.1) is 42.5 Å². The smallest absolute Gasteiger partial charge is 0.305 e. The number of aromatic amines is 1. The summed E-state index contributed by atoms with van der Waals surface area (Å²) in [5.41, 5.74) is 8.65. The number of likely N-dealkylation sites (tertiary alicyclic amines) is 2. The van der Waals surface area contributed by atoms with E-state index in [1.165, 1.54) is 45.4 Å². The summed E-state index contributed by atoms with van der Waals surface area (Å²) >= 11 is 0.714. The van der Waals surface area contributed by atoms with Crippen LogP contribution < -0.4 is 43.0 Å². The number of nitrogens with two attached hydrogens (primary N) is 1. The Hall–Kier alpha value is -13.1. The number of unbranched alkanes of at least 4 members (excludes halogenated alkanes) is 1. The van der Waals surface area contributed by atoms with Crippen molar-refractivity contribution in [3.05, 3.63) is 173 Å². The van der Waals surface area contributed by atoms with Crippen LogP contribution in [0, 0.1) is 17.6 Å². The number of nitrogens with zero attached hydrogens (tertiary/aromatic N) is 5.